The number of unbranched alkanes of at least 4 members (excludes halogenated alkanes) is 5. The average Bonchev–Trinajstić information content (AvgIpc) is 0.926. The second kappa shape index (κ2) is 94.2. The zero-order chi connectivity index (χ0) is 74.6. The maximum atomic E-state index is 5.57. The molecule has 0 saturated carbocycles. The van der Waals surface area contributed by atoms with E-state index in [0.29, 0.717) is 390 Å². The highest BCUT2D eigenvalue weighted by Gasteiger charge is 2.07. The van der Waals surface area contributed by atoms with Crippen LogP contribution in [0.5, 0.6) is 5.75 Å². The van der Waals surface area contributed by atoms with Crippen LogP contribution in [0.25, 0.3) is 0 Å². The van der Waals surface area contributed by atoms with Crippen LogP contribution < -0.4 is 4.89 Å². The molecule has 0 saturated heterocycles. The van der Waals surface area contributed by atoms with E-state index in [4.69, 9.17) is 147 Å². The quantitative estimate of drug-likeness (QED) is 0.0448. The molecule has 1 aromatic carbocycles. The first-order chi connectivity index (χ1) is 52.4. The van der Waals surface area contributed by atoms with Gasteiger partial charge >= 0.3 is 0 Å². The van der Waals surface area contributed by atoms with Crippen molar-refractivity contribution < 1.29 is 147 Å². The van der Waals surface area contributed by atoms with Crippen LogP contribution in [0.2, 0.25) is 0 Å². The first-order valence-corrected chi connectivity index (χ1v) is 38.5. The summed E-state index contributed by atoms with van der Waals surface area (Å²) in [6.45, 7) is 33.3. The number of benzene rings is 1. The smallest absolute Gasteiger partial charge is 0.168 e. The van der Waals surface area contributed by atoms with Crippen molar-refractivity contribution >= 4 is 0 Å². The van der Waals surface area contributed by atoms with E-state index in [1.807, 2.05) is 25.1 Å². The van der Waals surface area contributed by atoms with Gasteiger partial charge in [-0.2, -0.15) is 4.89 Å². The molecule has 1 aromatic rings. The molecule has 624 valence electrons. The Bertz CT molecular complexity index is 1710. The lowest BCUT2D eigenvalue weighted by Crippen LogP contribution is -2.16. The van der Waals surface area contributed by atoms with E-state index in [9.17, 15) is 0 Å². The van der Waals surface area contributed by atoms with Crippen LogP contribution in [0.1, 0.15) is 57.9 Å². The van der Waals surface area contributed by atoms with Crippen LogP contribution in [0.3, 0.4) is 0 Å². The minimum absolute atomic E-state index is 0.342. The van der Waals surface area contributed by atoms with E-state index >= 15 is 0 Å². The van der Waals surface area contributed by atoms with Gasteiger partial charge in [0.25, 0.3) is 0 Å². The lowest BCUT2D eigenvalue weighted by atomic mass is 10.0. The van der Waals surface area contributed by atoms with Crippen molar-refractivity contribution in [3.63, 3.8) is 0 Å². The first-order valence-electron chi connectivity index (χ1n) is 38.5. The van der Waals surface area contributed by atoms with E-state index in [0.717, 1.165) is 18.6 Å². The van der Waals surface area contributed by atoms with Gasteiger partial charge in [0.2, 0.25) is 0 Å². The minimum atomic E-state index is 0.342. The van der Waals surface area contributed by atoms with Crippen molar-refractivity contribution in [1.29, 1.82) is 0 Å². The SMILES string of the molecule is CCCCCCCCc1ccccc1OOCCOCCOCCOCCOCCOCCOCCOCCOCCOCCOCCOCCOCCOCCOCCOCCOCCOCCOCCOCCOCCOCCOCCOCCOCCOCCOCCOCCOCCOCC. The Morgan fingerprint density at radius 3 is 0.524 bits per heavy atom. The summed E-state index contributed by atoms with van der Waals surface area (Å²) in [7, 11) is 0. The Hall–Kier alpha value is -2.18. The summed E-state index contributed by atoms with van der Waals surface area (Å²) in [6, 6.07) is 8.06. The van der Waals surface area contributed by atoms with Gasteiger partial charge in [-0.25, -0.2) is 0 Å². The fourth-order valence-corrected chi connectivity index (χ4v) is 8.39. The number of hydrogen-bond acceptors (Lipinski definition) is 31. The highest BCUT2D eigenvalue weighted by molar-refractivity contribution is 5.32. The Morgan fingerprint density at radius 1 is 0.171 bits per heavy atom. The maximum Gasteiger partial charge on any atom is 0.168 e. The molecule has 0 aromatic heterocycles. The van der Waals surface area contributed by atoms with Crippen LogP contribution in [0.15, 0.2) is 24.3 Å². The zero-order valence-corrected chi connectivity index (χ0v) is 64.6. The molecule has 0 amide bonds. The fraction of sp³-hybridized carbons (Fsp3) is 0.919. The van der Waals surface area contributed by atoms with Gasteiger partial charge in [0, 0.05) is 6.61 Å². The third-order valence-electron chi connectivity index (χ3n) is 13.9. The van der Waals surface area contributed by atoms with Crippen LogP contribution in [-0.4, -0.2) is 390 Å². The molecule has 1 rings (SSSR count). The molecular formula is C74H142O31. The number of ether oxygens (including phenoxy) is 29. The van der Waals surface area contributed by atoms with Gasteiger partial charge < -0.3 is 142 Å². The number of para-hydroxylation sites is 1. The summed E-state index contributed by atoms with van der Waals surface area (Å²) in [6.07, 6.45) is 8.59. The van der Waals surface area contributed by atoms with Crippen molar-refractivity contribution in [2.24, 2.45) is 0 Å². The molecule has 0 aliphatic rings. The highest BCUT2D eigenvalue weighted by Crippen LogP contribution is 2.21. The normalized spacial score (nSPS) is 11.8. The molecule has 105 heavy (non-hydrogen) atoms. The van der Waals surface area contributed by atoms with Crippen LogP contribution in [0, 0.1) is 0 Å². The molecular weight excluding hydrogens is 1380 g/mol. The molecule has 31 heteroatoms. The van der Waals surface area contributed by atoms with Crippen molar-refractivity contribution in [2.45, 2.75) is 58.8 Å². The summed E-state index contributed by atoms with van der Waals surface area (Å²) in [5.41, 5.74) is 1.18. The van der Waals surface area contributed by atoms with Gasteiger partial charge in [0.15, 0.2) is 5.75 Å². The monoisotopic (exact) mass is 1530 g/mol. The number of aryl methyl sites for hydroxylation is 1. The molecule has 0 heterocycles. The summed E-state index contributed by atoms with van der Waals surface area (Å²) in [4.78, 5) is 10.9. The van der Waals surface area contributed by atoms with Crippen LogP contribution in [0.4, 0.5) is 0 Å². The molecule has 0 atom stereocenters. The lowest BCUT2D eigenvalue weighted by Gasteiger charge is -2.10. The molecule has 0 spiro atoms. The van der Waals surface area contributed by atoms with E-state index in [1.165, 1.54) is 37.7 Å². The largest absolute Gasteiger partial charge is 0.379 e. The van der Waals surface area contributed by atoms with Gasteiger partial charge in [0.1, 0.15) is 6.61 Å². The van der Waals surface area contributed by atoms with Crippen molar-refractivity contribution in [2.75, 3.05) is 390 Å². The Kier molecular flexibility index (Phi) is 90.5. The highest BCUT2D eigenvalue weighted by atomic mass is 17.2. The van der Waals surface area contributed by atoms with Gasteiger partial charge in [-0.1, -0.05) is 57.2 Å². The number of rotatable bonds is 97. The second-order valence-electron chi connectivity index (χ2n) is 22.4. The lowest BCUT2D eigenvalue weighted by molar-refractivity contribution is -0.216. The van der Waals surface area contributed by atoms with Crippen LogP contribution in [-0.2, 0) is 149 Å². The van der Waals surface area contributed by atoms with Gasteiger partial charge in [-0.3, -0.25) is 0 Å². The Labute approximate surface area is 629 Å². The average molecular weight is 1530 g/mol. The molecule has 0 radical (unpaired) electrons. The molecule has 31 nitrogen and oxygen atoms in total. The summed E-state index contributed by atoms with van der Waals surface area (Å²) < 4.78 is 160. The molecule has 0 aliphatic heterocycles. The predicted molar refractivity (Wildman–Crippen MR) is 390 cm³/mol. The van der Waals surface area contributed by atoms with Gasteiger partial charge in [-0.05, 0) is 31.4 Å². The molecule has 0 bridgehead atoms. The Balaban J connectivity index is 1.60. The summed E-state index contributed by atoms with van der Waals surface area (Å²) in [5.74, 6) is 0.781. The maximum absolute atomic E-state index is 5.57. The van der Waals surface area contributed by atoms with E-state index in [2.05, 4.69) is 13.0 Å². The fourth-order valence-electron chi connectivity index (χ4n) is 8.39. The van der Waals surface area contributed by atoms with E-state index < -0.39 is 0 Å². The minimum Gasteiger partial charge on any atom is -0.379 e. The summed E-state index contributed by atoms with van der Waals surface area (Å²) in [5, 5.41) is 0. The first kappa shape index (κ1) is 101. The molecule has 0 unspecified atom stereocenters. The van der Waals surface area contributed by atoms with Gasteiger partial charge in [0.05, 0.1) is 377 Å². The standard InChI is InChI=1S/C74H142O31/c1-3-5-6-7-8-9-12-73-13-10-11-14-74(73)105-104-72-71-103-70-69-102-68-67-101-66-65-100-64-63-99-62-61-98-60-59-97-58-57-96-56-55-95-54-53-94-52-51-93-50-49-92-48-47-91-46-45-90-44-43-89-42-41-88-40-39-87-38-37-86-36-35-85-34-33-84-32-31-83-30-29-82-28-27-81-26-25-80-24-23-79-22-21-78-20-19-77-18-17-76-16-15-75-4-2/h10-11,13-14H,3-9,12,15-72H2,1-2H3. The predicted octanol–water partition coefficient (Wildman–Crippen LogP) is 5.40. The van der Waals surface area contributed by atoms with Crippen molar-refractivity contribution in [1.82, 2.24) is 0 Å². The Morgan fingerprint density at radius 2 is 0.333 bits per heavy atom. The topological polar surface area (TPSA) is 286 Å². The zero-order valence-electron chi connectivity index (χ0n) is 64.6. The van der Waals surface area contributed by atoms with Crippen LogP contribution >= 0.6 is 0 Å². The molecule has 0 fully saturated rings. The second-order valence-corrected chi connectivity index (χ2v) is 22.4. The third kappa shape index (κ3) is 87.3. The van der Waals surface area contributed by atoms with Crippen molar-refractivity contribution in [3.05, 3.63) is 29.8 Å². The third-order valence-corrected chi connectivity index (χ3v) is 13.9. The molecule has 0 aliphatic carbocycles. The molecule has 0 N–H and O–H groups in total. The van der Waals surface area contributed by atoms with Crippen molar-refractivity contribution in [3.8, 4) is 5.75 Å². The van der Waals surface area contributed by atoms with Gasteiger partial charge in [-0.15, -0.1) is 0 Å². The van der Waals surface area contributed by atoms with E-state index in [-0.39, 0.29) is 0 Å². The summed E-state index contributed by atoms with van der Waals surface area (Å²) >= 11 is 0. The number of hydrogen-bond donors (Lipinski definition) is 0. The van der Waals surface area contributed by atoms with E-state index in [1.54, 1.807) is 0 Å².